The first-order chi connectivity index (χ1) is 9.01. The zero-order valence-corrected chi connectivity index (χ0v) is 12.5. The summed E-state index contributed by atoms with van der Waals surface area (Å²) in [6.45, 7) is 9.10. The number of hydrogen-bond donors (Lipinski definition) is 1. The third-order valence-corrected chi connectivity index (χ3v) is 2.75. The molecule has 0 aromatic rings. The van der Waals surface area contributed by atoms with Crippen LogP contribution in [0.4, 0.5) is 0 Å². The number of hydrogen-bond acceptors (Lipinski definition) is 5. The highest BCUT2D eigenvalue weighted by molar-refractivity contribution is 5.72. The Kier molecular flexibility index (Phi) is 10.2. The van der Waals surface area contributed by atoms with Crippen molar-refractivity contribution in [2.24, 2.45) is 5.92 Å². The highest BCUT2D eigenvalue weighted by Gasteiger charge is 2.16. The first-order valence-electron chi connectivity index (χ1n) is 7.06. The molecule has 2 unspecified atom stereocenters. The molecule has 0 saturated carbocycles. The lowest BCUT2D eigenvalue weighted by atomic mass is 10.0. The number of ether oxygens (including phenoxy) is 2. The molecule has 5 nitrogen and oxygen atoms in total. The molecule has 0 aliphatic carbocycles. The normalized spacial score (nSPS) is 13.7. The maximum absolute atomic E-state index is 11.5. The Morgan fingerprint density at radius 1 is 1.11 bits per heavy atom. The van der Waals surface area contributed by atoms with E-state index in [4.69, 9.17) is 9.47 Å². The summed E-state index contributed by atoms with van der Waals surface area (Å²) in [5.41, 5.74) is 0. The van der Waals surface area contributed by atoms with E-state index in [1.165, 1.54) is 0 Å². The molecular formula is C14H27NO4. The fourth-order valence-electron chi connectivity index (χ4n) is 1.81. The molecule has 0 rings (SSSR count). The largest absolute Gasteiger partial charge is 0.466 e. The molecule has 112 valence electrons. The van der Waals surface area contributed by atoms with Gasteiger partial charge < -0.3 is 14.8 Å². The monoisotopic (exact) mass is 273 g/mol. The summed E-state index contributed by atoms with van der Waals surface area (Å²) < 4.78 is 9.80. The minimum Gasteiger partial charge on any atom is -0.466 e. The van der Waals surface area contributed by atoms with Gasteiger partial charge in [0.05, 0.1) is 19.1 Å². The molecule has 0 bridgehead atoms. The number of nitrogens with one attached hydrogen (secondary N) is 1. The van der Waals surface area contributed by atoms with Crippen LogP contribution in [0.1, 0.15) is 47.0 Å². The average molecular weight is 273 g/mol. The molecule has 0 spiro atoms. The Morgan fingerprint density at radius 2 is 1.74 bits per heavy atom. The lowest BCUT2D eigenvalue weighted by Crippen LogP contribution is -2.31. The molecule has 5 heteroatoms. The van der Waals surface area contributed by atoms with Crippen LogP contribution >= 0.6 is 0 Å². The van der Waals surface area contributed by atoms with Crippen LogP contribution in [0.2, 0.25) is 0 Å². The van der Waals surface area contributed by atoms with Crippen molar-refractivity contribution in [3.05, 3.63) is 0 Å². The lowest BCUT2D eigenvalue weighted by Gasteiger charge is -2.17. The maximum atomic E-state index is 11.5. The molecule has 0 aromatic carbocycles. The SMILES string of the molecule is CCOC(=O)CCCNC(C)CC(C)C(=O)OCC. The van der Waals surface area contributed by atoms with E-state index in [-0.39, 0.29) is 23.9 Å². The van der Waals surface area contributed by atoms with Crippen molar-refractivity contribution in [1.29, 1.82) is 0 Å². The standard InChI is InChI=1S/C14H27NO4/c1-5-18-13(16)8-7-9-15-12(4)10-11(3)14(17)19-6-2/h11-12,15H,5-10H2,1-4H3. The van der Waals surface area contributed by atoms with Gasteiger partial charge in [0.15, 0.2) is 0 Å². The molecule has 0 radical (unpaired) electrons. The second-order valence-corrected chi connectivity index (χ2v) is 4.65. The van der Waals surface area contributed by atoms with Crippen LogP contribution in [-0.4, -0.2) is 37.7 Å². The summed E-state index contributed by atoms with van der Waals surface area (Å²) in [7, 11) is 0. The van der Waals surface area contributed by atoms with E-state index in [9.17, 15) is 9.59 Å². The molecule has 0 aromatic heterocycles. The van der Waals surface area contributed by atoms with Gasteiger partial charge in [0.25, 0.3) is 0 Å². The highest BCUT2D eigenvalue weighted by Crippen LogP contribution is 2.08. The van der Waals surface area contributed by atoms with Crippen molar-refractivity contribution < 1.29 is 19.1 Å². The van der Waals surface area contributed by atoms with E-state index in [2.05, 4.69) is 5.32 Å². The third-order valence-electron chi connectivity index (χ3n) is 2.75. The van der Waals surface area contributed by atoms with E-state index in [0.29, 0.717) is 19.6 Å². The van der Waals surface area contributed by atoms with Crippen LogP contribution in [0.3, 0.4) is 0 Å². The van der Waals surface area contributed by atoms with Gasteiger partial charge in [-0.2, -0.15) is 0 Å². The molecule has 2 atom stereocenters. The molecular weight excluding hydrogens is 246 g/mol. The van der Waals surface area contributed by atoms with Crippen LogP contribution in [0.15, 0.2) is 0 Å². The average Bonchev–Trinajstić information content (AvgIpc) is 2.35. The van der Waals surface area contributed by atoms with Crippen LogP contribution in [0.25, 0.3) is 0 Å². The topological polar surface area (TPSA) is 64.6 Å². The van der Waals surface area contributed by atoms with E-state index in [1.807, 2.05) is 20.8 Å². The summed E-state index contributed by atoms with van der Waals surface area (Å²) in [5.74, 6) is -0.410. The molecule has 1 N–H and O–H groups in total. The van der Waals surface area contributed by atoms with Gasteiger partial charge in [0.2, 0.25) is 0 Å². The molecule has 19 heavy (non-hydrogen) atoms. The first kappa shape index (κ1) is 17.9. The summed E-state index contributed by atoms with van der Waals surface area (Å²) in [6.07, 6.45) is 1.91. The Labute approximate surface area is 116 Å². The number of rotatable bonds is 10. The van der Waals surface area contributed by atoms with Crippen molar-refractivity contribution in [2.75, 3.05) is 19.8 Å². The van der Waals surface area contributed by atoms with E-state index < -0.39 is 0 Å². The van der Waals surface area contributed by atoms with E-state index >= 15 is 0 Å². The lowest BCUT2D eigenvalue weighted by molar-refractivity contribution is -0.147. The van der Waals surface area contributed by atoms with Gasteiger partial charge in [-0.25, -0.2) is 0 Å². The van der Waals surface area contributed by atoms with Gasteiger partial charge in [-0.3, -0.25) is 9.59 Å². The fraction of sp³-hybridized carbons (Fsp3) is 0.857. The predicted octanol–water partition coefficient (Wildman–Crippen LogP) is 1.90. The predicted molar refractivity (Wildman–Crippen MR) is 73.7 cm³/mol. The van der Waals surface area contributed by atoms with Gasteiger partial charge in [-0.15, -0.1) is 0 Å². The van der Waals surface area contributed by atoms with E-state index in [0.717, 1.165) is 19.4 Å². The van der Waals surface area contributed by atoms with Crippen molar-refractivity contribution in [2.45, 2.75) is 53.0 Å². The molecule has 0 aliphatic rings. The second kappa shape index (κ2) is 10.8. The number of esters is 2. The van der Waals surface area contributed by atoms with Gasteiger partial charge in [0.1, 0.15) is 0 Å². The summed E-state index contributed by atoms with van der Waals surface area (Å²) in [5, 5.41) is 3.29. The van der Waals surface area contributed by atoms with Gasteiger partial charge in [-0.1, -0.05) is 6.92 Å². The zero-order chi connectivity index (χ0) is 14.7. The summed E-state index contributed by atoms with van der Waals surface area (Å²) >= 11 is 0. The molecule has 0 amide bonds. The smallest absolute Gasteiger partial charge is 0.308 e. The van der Waals surface area contributed by atoms with Crippen molar-refractivity contribution in [1.82, 2.24) is 5.32 Å². The Balaban J connectivity index is 3.66. The van der Waals surface area contributed by atoms with Gasteiger partial charge >= 0.3 is 11.9 Å². The quantitative estimate of drug-likeness (QED) is 0.486. The first-order valence-corrected chi connectivity index (χ1v) is 7.06. The highest BCUT2D eigenvalue weighted by atomic mass is 16.5. The fourth-order valence-corrected chi connectivity index (χ4v) is 1.81. The van der Waals surface area contributed by atoms with Crippen molar-refractivity contribution >= 4 is 11.9 Å². The van der Waals surface area contributed by atoms with Crippen molar-refractivity contribution in [3.8, 4) is 0 Å². The van der Waals surface area contributed by atoms with Gasteiger partial charge in [-0.05, 0) is 40.2 Å². The van der Waals surface area contributed by atoms with Crippen LogP contribution in [0.5, 0.6) is 0 Å². The van der Waals surface area contributed by atoms with Crippen molar-refractivity contribution in [3.63, 3.8) is 0 Å². The molecule has 0 heterocycles. The Morgan fingerprint density at radius 3 is 2.32 bits per heavy atom. The van der Waals surface area contributed by atoms with Crippen LogP contribution < -0.4 is 5.32 Å². The Bertz CT molecular complexity index is 268. The van der Waals surface area contributed by atoms with Crippen LogP contribution in [-0.2, 0) is 19.1 Å². The zero-order valence-electron chi connectivity index (χ0n) is 12.5. The minimum absolute atomic E-state index is 0.104. The molecule has 0 saturated heterocycles. The minimum atomic E-state index is -0.156. The third kappa shape index (κ3) is 9.47. The van der Waals surface area contributed by atoms with Crippen LogP contribution in [0, 0.1) is 5.92 Å². The summed E-state index contributed by atoms with van der Waals surface area (Å²) in [6, 6.07) is 0.224. The second-order valence-electron chi connectivity index (χ2n) is 4.65. The molecule has 0 aliphatic heterocycles. The van der Waals surface area contributed by atoms with Gasteiger partial charge in [0, 0.05) is 12.5 Å². The maximum Gasteiger partial charge on any atom is 0.308 e. The summed E-state index contributed by atoms with van der Waals surface area (Å²) in [4.78, 5) is 22.6. The number of carbonyl (C=O) groups excluding carboxylic acids is 2. The Hall–Kier alpha value is -1.10. The number of carbonyl (C=O) groups is 2. The molecule has 0 fully saturated rings. The van der Waals surface area contributed by atoms with E-state index in [1.54, 1.807) is 6.92 Å².